The number of hydrogen-bond acceptors (Lipinski definition) is 20. The monoisotopic (exact) mass is 1390 g/mol. The van der Waals surface area contributed by atoms with E-state index in [4.69, 9.17) is 37.5 Å². The number of aromatic nitrogens is 5. The molecule has 514 valence electrons. The Balaban J connectivity index is 0.900. The first-order valence-corrected chi connectivity index (χ1v) is 33.2. The van der Waals surface area contributed by atoms with Gasteiger partial charge < -0.3 is 47.5 Å². The molecule has 0 radical (unpaired) electrons. The number of sulfonamides is 2. The van der Waals surface area contributed by atoms with E-state index in [9.17, 15) is 52.8 Å². The number of rotatable bonds is 26. The molecule has 24 nitrogen and oxygen atoms in total. The molecular formula is C65H66F6N9O15S2+. The summed E-state index contributed by atoms with van der Waals surface area (Å²) in [6.07, 6.45) is -11.0. The number of alkyl halides is 6. The molecule has 0 unspecified atom stereocenters. The second kappa shape index (κ2) is 28.1. The number of para-hydroxylation sites is 1. The second-order valence-corrected chi connectivity index (χ2v) is 26.3. The van der Waals surface area contributed by atoms with Crippen LogP contribution in [0.1, 0.15) is 42.6 Å². The van der Waals surface area contributed by atoms with Crippen LogP contribution in [-0.4, -0.2) is 135 Å². The number of piperidine rings is 2. The third-order valence-corrected chi connectivity index (χ3v) is 19.4. The standard InChI is InChI=1S/C65H65F6N9O15S2/c1-38-25-47(26-39(2)73-38)91-35-48(81)41-17-21-77(22-18-41)45-12-9-11-43(29-45)44-30-54(58-55(31-44)94-74-61(58)75-97(85,86)60-51(88-4)14-10-15-52(60)89-5)93-37-80-62(76-96(83,84)57-16-8-7-13-50(57)87-3)59-53(90-6)27-40(28-56(59)95-80)33-79-34-46(32-72-79)78-23-19-42(20-24-78)49(82)36-92-63(64(66,67)68)65(69,70)71/h7-16,25-32,34,41-42,63H,17-24,33,35-37H2,1-6H3,(H,74,75)/p+1. The maximum absolute atomic E-state index is 14.6. The van der Waals surface area contributed by atoms with Crippen molar-refractivity contribution in [2.45, 2.75) is 81.1 Å². The van der Waals surface area contributed by atoms with Crippen molar-refractivity contribution in [3.05, 3.63) is 132 Å². The SMILES string of the molecule is COc1ccccc1S(=O)(=O)Nc1c2c(OC)cc(Cn3cc(N4CCC(C(=O)COC(C(F)(F)F)C(F)(F)F)CC4)cn3)cc2o[n+]1COc1cc(-c2cccc(N3CCC(C(=O)COc4cc(C)nc(C)c4)CC3)c2)cc2onc(NS(=O)(=O)c3c(OC)cccc3OC)c12. The highest BCUT2D eigenvalue weighted by molar-refractivity contribution is 7.93. The van der Waals surface area contributed by atoms with Crippen molar-refractivity contribution in [3.63, 3.8) is 0 Å². The van der Waals surface area contributed by atoms with Crippen LogP contribution < -0.4 is 52.4 Å². The van der Waals surface area contributed by atoms with Crippen molar-refractivity contribution in [2.24, 2.45) is 11.8 Å². The van der Waals surface area contributed by atoms with E-state index in [1.54, 1.807) is 65.6 Å². The van der Waals surface area contributed by atoms with Gasteiger partial charge in [-0.05, 0) is 122 Å². The molecule has 0 spiro atoms. The van der Waals surface area contributed by atoms with Gasteiger partial charge in [-0.15, -0.1) is 0 Å². The van der Waals surface area contributed by atoms with E-state index in [1.165, 1.54) is 58.8 Å². The van der Waals surface area contributed by atoms with Crippen molar-refractivity contribution < 1.29 is 99.7 Å². The highest BCUT2D eigenvalue weighted by Gasteiger charge is 2.58. The fourth-order valence-corrected chi connectivity index (χ4v) is 14.5. The van der Waals surface area contributed by atoms with Crippen LogP contribution in [0, 0.1) is 25.7 Å². The number of aryl methyl sites for hydroxylation is 2. The molecule has 0 atom stereocenters. The van der Waals surface area contributed by atoms with Crippen LogP contribution in [0.5, 0.6) is 34.5 Å². The number of anilines is 4. The summed E-state index contributed by atoms with van der Waals surface area (Å²) in [7, 11) is -3.88. The molecule has 2 aliphatic heterocycles. The lowest BCUT2D eigenvalue weighted by Gasteiger charge is -2.33. The molecule has 6 heterocycles. The highest BCUT2D eigenvalue weighted by atomic mass is 32.2. The predicted molar refractivity (Wildman–Crippen MR) is 339 cm³/mol. The average Bonchev–Trinajstić information content (AvgIpc) is 1.69. The molecule has 2 fully saturated rings. The maximum Gasteiger partial charge on any atom is 0.423 e. The average molecular weight is 1390 g/mol. The molecule has 97 heavy (non-hydrogen) atoms. The van der Waals surface area contributed by atoms with Crippen molar-refractivity contribution >= 4 is 76.6 Å². The molecule has 32 heteroatoms. The Kier molecular flexibility index (Phi) is 19.9. The number of nitrogens with one attached hydrogen (secondary N) is 2. The van der Waals surface area contributed by atoms with Gasteiger partial charge in [-0.1, -0.05) is 35.5 Å². The van der Waals surface area contributed by atoms with Gasteiger partial charge in [0.05, 0.1) is 46.9 Å². The first-order valence-electron chi connectivity index (χ1n) is 30.2. The van der Waals surface area contributed by atoms with Gasteiger partial charge in [-0.2, -0.15) is 44.6 Å². The zero-order valence-electron chi connectivity index (χ0n) is 53.0. The van der Waals surface area contributed by atoms with Gasteiger partial charge in [0, 0.05) is 73.4 Å². The Morgan fingerprint density at radius 2 is 1.25 bits per heavy atom. The van der Waals surface area contributed by atoms with Gasteiger partial charge in [0.2, 0.25) is 11.7 Å². The summed E-state index contributed by atoms with van der Waals surface area (Å²) in [6, 6.07) is 28.1. The van der Waals surface area contributed by atoms with Gasteiger partial charge >= 0.3 is 28.2 Å². The van der Waals surface area contributed by atoms with E-state index in [0.29, 0.717) is 54.1 Å². The number of ether oxygens (including phenoxy) is 7. The number of carbonyl (C=O) groups excluding carboxylic acids is 2. The molecule has 2 N–H and O–H groups in total. The van der Waals surface area contributed by atoms with E-state index in [0.717, 1.165) is 21.8 Å². The number of hydrogen-bond donors (Lipinski definition) is 2. The number of benzene rings is 5. The highest BCUT2D eigenvalue weighted by Crippen LogP contribution is 2.43. The van der Waals surface area contributed by atoms with E-state index < -0.39 is 63.5 Å². The number of carbonyl (C=O) groups is 2. The van der Waals surface area contributed by atoms with Crippen LogP contribution in [0.25, 0.3) is 33.1 Å². The largest absolute Gasteiger partial charge is 0.496 e. The fraction of sp³-hybridized carbons (Fsp3) is 0.354. The summed E-state index contributed by atoms with van der Waals surface area (Å²) < 4.78 is 196. The lowest BCUT2D eigenvalue weighted by Crippen LogP contribution is -2.46. The Morgan fingerprint density at radius 1 is 0.639 bits per heavy atom. The number of halogens is 6. The topological polar surface area (TPSA) is 271 Å². The number of nitrogens with zero attached hydrogens (tertiary/aromatic N) is 7. The molecule has 9 aromatic rings. The molecule has 2 aliphatic rings. The Morgan fingerprint density at radius 3 is 1.89 bits per heavy atom. The van der Waals surface area contributed by atoms with E-state index in [1.807, 2.05) is 43.0 Å². The minimum atomic E-state index is -5.75. The van der Waals surface area contributed by atoms with Crippen molar-refractivity contribution in [1.82, 2.24) is 19.9 Å². The van der Waals surface area contributed by atoms with Crippen molar-refractivity contribution in [3.8, 4) is 45.6 Å². The fourth-order valence-electron chi connectivity index (χ4n) is 11.9. The molecule has 11 rings (SSSR count). The van der Waals surface area contributed by atoms with E-state index >= 15 is 0 Å². The van der Waals surface area contributed by atoms with Crippen LogP contribution in [-0.2, 0) is 47.6 Å². The summed E-state index contributed by atoms with van der Waals surface area (Å²) in [5.74, 6) is -1.84. The first kappa shape index (κ1) is 68.6. The minimum Gasteiger partial charge on any atom is -0.496 e. The molecular weight excluding hydrogens is 1320 g/mol. The van der Waals surface area contributed by atoms with Crippen LogP contribution in [0.3, 0.4) is 0 Å². The molecule has 4 aromatic heterocycles. The van der Waals surface area contributed by atoms with E-state index in [2.05, 4.69) is 34.3 Å². The Bertz CT molecular complexity index is 4570. The summed E-state index contributed by atoms with van der Waals surface area (Å²) in [6.45, 7) is 3.30. The molecule has 0 saturated carbocycles. The summed E-state index contributed by atoms with van der Waals surface area (Å²) in [4.78, 5) is 34.0. The number of ketones is 2. The lowest BCUT2D eigenvalue weighted by atomic mass is 9.92. The molecule has 0 amide bonds. The summed E-state index contributed by atoms with van der Waals surface area (Å²) in [5, 5.41) is 8.85. The van der Waals surface area contributed by atoms with Crippen molar-refractivity contribution in [1.29, 1.82) is 0 Å². The third kappa shape index (κ3) is 15.2. The number of methoxy groups -OCH3 is 4. The molecule has 0 bridgehead atoms. The molecule has 0 aliphatic carbocycles. The molecule has 2 saturated heterocycles. The zero-order valence-corrected chi connectivity index (χ0v) is 54.7. The van der Waals surface area contributed by atoms with Crippen LogP contribution in [0.4, 0.5) is 49.4 Å². The van der Waals surface area contributed by atoms with Crippen LogP contribution in [0.15, 0.2) is 134 Å². The quantitative estimate of drug-likeness (QED) is 0.0377. The lowest BCUT2D eigenvalue weighted by molar-refractivity contribution is -0.867. The number of fused-ring (bicyclic) bond motifs is 2. The second-order valence-electron chi connectivity index (χ2n) is 23.0. The maximum atomic E-state index is 14.6. The van der Waals surface area contributed by atoms with E-state index in [-0.39, 0.29) is 123 Å². The van der Waals surface area contributed by atoms with Gasteiger partial charge in [0.25, 0.3) is 16.8 Å². The van der Waals surface area contributed by atoms with Crippen LogP contribution >= 0.6 is 0 Å². The summed E-state index contributed by atoms with van der Waals surface area (Å²) >= 11 is 0. The Labute approximate surface area is 551 Å². The Hall–Kier alpha value is -9.82. The predicted octanol–water partition coefficient (Wildman–Crippen LogP) is 10.6. The normalized spacial score (nSPS) is 14.5. The van der Waals surface area contributed by atoms with Gasteiger partial charge in [0.1, 0.15) is 53.1 Å². The summed E-state index contributed by atoms with van der Waals surface area (Å²) in [5.41, 5.74) is 4.86. The third-order valence-electron chi connectivity index (χ3n) is 16.6. The van der Waals surface area contributed by atoms with Gasteiger partial charge in [0.15, 0.2) is 38.1 Å². The van der Waals surface area contributed by atoms with Crippen molar-refractivity contribution in [2.75, 3.05) is 87.1 Å². The van der Waals surface area contributed by atoms with Crippen LogP contribution in [0.2, 0.25) is 0 Å². The number of pyridine rings is 1. The first-order chi connectivity index (χ1) is 46.2. The minimum absolute atomic E-state index is 0.00161. The van der Waals surface area contributed by atoms with Gasteiger partial charge in [-0.25, -0.2) is 8.42 Å². The van der Waals surface area contributed by atoms with Gasteiger partial charge in [-0.3, -0.25) is 28.5 Å². The zero-order chi connectivity index (χ0) is 69.1. The smallest absolute Gasteiger partial charge is 0.423 e. The number of Topliss-reactive ketones (excluding diaryl/α,β-unsaturated/α-hetero) is 2. The molecule has 5 aromatic carbocycles.